The van der Waals surface area contributed by atoms with Crippen molar-refractivity contribution in [1.29, 1.82) is 0 Å². The first-order valence-electron chi connectivity index (χ1n) is 5.92. The molecule has 0 bridgehead atoms. The van der Waals surface area contributed by atoms with E-state index < -0.39 is 6.10 Å². The summed E-state index contributed by atoms with van der Waals surface area (Å²) in [6, 6.07) is 11.0. The van der Waals surface area contributed by atoms with E-state index in [0.29, 0.717) is 11.6 Å². The second kappa shape index (κ2) is 6.59. The van der Waals surface area contributed by atoms with Gasteiger partial charge in [0.25, 0.3) is 0 Å². The van der Waals surface area contributed by atoms with Gasteiger partial charge in [0.15, 0.2) is 0 Å². The van der Waals surface area contributed by atoms with Crippen LogP contribution in [0.25, 0.3) is 0 Å². The SMILES string of the molecule is OC(CNCCc1ccco1)c1ccc(Cl)cc1. The number of benzene rings is 1. The fraction of sp³-hybridized carbons (Fsp3) is 0.286. The highest BCUT2D eigenvalue weighted by atomic mass is 35.5. The van der Waals surface area contributed by atoms with Crippen molar-refractivity contribution in [2.45, 2.75) is 12.5 Å². The Morgan fingerprint density at radius 1 is 1.22 bits per heavy atom. The second-order valence-corrected chi connectivity index (χ2v) is 4.54. The number of nitrogens with one attached hydrogen (secondary N) is 1. The number of halogens is 1. The first-order chi connectivity index (χ1) is 8.75. The molecule has 0 fully saturated rings. The Hall–Kier alpha value is -1.29. The van der Waals surface area contributed by atoms with Gasteiger partial charge in [-0.3, -0.25) is 0 Å². The van der Waals surface area contributed by atoms with Gasteiger partial charge in [-0.05, 0) is 29.8 Å². The predicted molar refractivity (Wildman–Crippen MR) is 71.7 cm³/mol. The monoisotopic (exact) mass is 265 g/mol. The topological polar surface area (TPSA) is 45.4 Å². The Morgan fingerprint density at radius 2 is 2.00 bits per heavy atom. The number of furan rings is 1. The summed E-state index contributed by atoms with van der Waals surface area (Å²) in [5, 5.41) is 13.8. The van der Waals surface area contributed by atoms with Crippen molar-refractivity contribution in [3.63, 3.8) is 0 Å². The minimum absolute atomic E-state index is 0.515. The smallest absolute Gasteiger partial charge is 0.105 e. The Kier molecular flexibility index (Phi) is 4.81. The molecule has 2 rings (SSSR count). The van der Waals surface area contributed by atoms with Crippen LogP contribution in [0, 0.1) is 0 Å². The number of hydrogen-bond donors (Lipinski definition) is 2. The van der Waals surface area contributed by atoms with Gasteiger partial charge in [0, 0.05) is 24.5 Å². The predicted octanol–water partition coefficient (Wildman–Crippen LogP) is 2.80. The zero-order valence-corrected chi connectivity index (χ0v) is 10.7. The van der Waals surface area contributed by atoms with E-state index in [2.05, 4.69) is 5.32 Å². The molecule has 4 heteroatoms. The molecule has 0 aliphatic rings. The van der Waals surface area contributed by atoms with Crippen LogP contribution < -0.4 is 5.32 Å². The lowest BCUT2D eigenvalue weighted by Crippen LogP contribution is -2.23. The van der Waals surface area contributed by atoms with E-state index in [0.717, 1.165) is 24.3 Å². The number of aliphatic hydroxyl groups excluding tert-OH is 1. The van der Waals surface area contributed by atoms with Crippen molar-refractivity contribution in [2.75, 3.05) is 13.1 Å². The first-order valence-corrected chi connectivity index (χ1v) is 6.30. The molecular formula is C14H16ClNO2. The van der Waals surface area contributed by atoms with Crippen LogP contribution in [0.3, 0.4) is 0 Å². The lowest BCUT2D eigenvalue weighted by molar-refractivity contribution is 0.175. The van der Waals surface area contributed by atoms with E-state index in [9.17, 15) is 5.11 Å². The van der Waals surface area contributed by atoms with Gasteiger partial charge in [0.2, 0.25) is 0 Å². The largest absolute Gasteiger partial charge is 0.469 e. The van der Waals surface area contributed by atoms with E-state index in [1.807, 2.05) is 24.3 Å². The molecule has 2 N–H and O–H groups in total. The lowest BCUT2D eigenvalue weighted by Gasteiger charge is -2.11. The van der Waals surface area contributed by atoms with Gasteiger partial charge < -0.3 is 14.8 Å². The number of rotatable bonds is 6. The summed E-state index contributed by atoms with van der Waals surface area (Å²) in [4.78, 5) is 0. The van der Waals surface area contributed by atoms with Gasteiger partial charge in [-0.15, -0.1) is 0 Å². The van der Waals surface area contributed by atoms with E-state index in [1.54, 1.807) is 18.4 Å². The highest BCUT2D eigenvalue weighted by molar-refractivity contribution is 6.30. The highest BCUT2D eigenvalue weighted by Gasteiger charge is 2.06. The summed E-state index contributed by atoms with van der Waals surface area (Å²) in [6.07, 6.45) is 1.97. The maximum Gasteiger partial charge on any atom is 0.105 e. The molecule has 0 spiro atoms. The zero-order valence-electron chi connectivity index (χ0n) is 9.97. The molecule has 18 heavy (non-hydrogen) atoms. The van der Waals surface area contributed by atoms with Crippen molar-refractivity contribution in [3.8, 4) is 0 Å². The number of aliphatic hydroxyl groups is 1. The number of hydrogen-bond acceptors (Lipinski definition) is 3. The van der Waals surface area contributed by atoms with E-state index in [1.165, 1.54) is 0 Å². The van der Waals surface area contributed by atoms with Gasteiger partial charge in [-0.2, -0.15) is 0 Å². The summed E-state index contributed by atoms with van der Waals surface area (Å²) in [5.74, 6) is 0.948. The van der Waals surface area contributed by atoms with Crippen LogP contribution in [-0.4, -0.2) is 18.2 Å². The van der Waals surface area contributed by atoms with Crippen LogP contribution in [0.1, 0.15) is 17.4 Å². The molecule has 3 nitrogen and oxygen atoms in total. The molecule has 1 unspecified atom stereocenters. The molecule has 2 aromatic rings. The van der Waals surface area contributed by atoms with Crippen LogP contribution >= 0.6 is 11.6 Å². The van der Waals surface area contributed by atoms with Crippen LogP contribution in [0.4, 0.5) is 0 Å². The maximum atomic E-state index is 9.94. The third kappa shape index (κ3) is 3.88. The minimum atomic E-state index is -0.515. The quantitative estimate of drug-likeness (QED) is 0.790. The Balaban J connectivity index is 1.71. The molecule has 0 aliphatic carbocycles. The van der Waals surface area contributed by atoms with Crippen molar-refractivity contribution in [1.82, 2.24) is 5.32 Å². The van der Waals surface area contributed by atoms with Crippen LogP contribution in [-0.2, 0) is 6.42 Å². The van der Waals surface area contributed by atoms with E-state index in [4.69, 9.17) is 16.0 Å². The molecule has 0 radical (unpaired) electrons. The van der Waals surface area contributed by atoms with Crippen LogP contribution in [0.5, 0.6) is 0 Å². The fourth-order valence-electron chi connectivity index (χ4n) is 1.71. The Morgan fingerprint density at radius 3 is 2.67 bits per heavy atom. The highest BCUT2D eigenvalue weighted by Crippen LogP contribution is 2.15. The van der Waals surface area contributed by atoms with Crippen LogP contribution in [0.2, 0.25) is 5.02 Å². The summed E-state index contributed by atoms with van der Waals surface area (Å²) in [7, 11) is 0. The molecule has 0 amide bonds. The lowest BCUT2D eigenvalue weighted by atomic mass is 10.1. The van der Waals surface area contributed by atoms with Crippen molar-refractivity contribution < 1.29 is 9.52 Å². The molecule has 1 aromatic heterocycles. The maximum absolute atomic E-state index is 9.94. The normalized spacial score (nSPS) is 12.6. The molecule has 0 saturated carbocycles. The summed E-state index contributed by atoms with van der Waals surface area (Å²) >= 11 is 5.79. The summed E-state index contributed by atoms with van der Waals surface area (Å²) in [5.41, 5.74) is 0.866. The van der Waals surface area contributed by atoms with Crippen molar-refractivity contribution in [3.05, 3.63) is 59.0 Å². The average molecular weight is 266 g/mol. The zero-order chi connectivity index (χ0) is 12.8. The Labute approximate surface area is 111 Å². The standard InChI is InChI=1S/C14H16ClNO2/c15-12-5-3-11(4-6-12)14(17)10-16-8-7-13-2-1-9-18-13/h1-6,9,14,16-17H,7-8,10H2. The minimum Gasteiger partial charge on any atom is -0.469 e. The summed E-state index contributed by atoms with van der Waals surface area (Å²) in [6.45, 7) is 1.29. The van der Waals surface area contributed by atoms with Crippen molar-refractivity contribution in [2.24, 2.45) is 0 Å². The van der Waals surface area contributed by atoms with Gasteiger partial charge in [-0.1, -0.05) is 23.7 Å². The second-order valence-electron chi connectivity index (χ2n) is 4.10. The van der Waals surface area contributed by atoms with E-state index in [-0.39, 0.29) is 0 Å². The third-order valence-electron chi connectivity index (χ3n) is 2.72. The molecule has 1 aromatic carbocycles. The molecule has 0 aliphatic heterocycles. The van der Waals surface area contributed by atoms with Crippen molar-refractivity contribution >= 4 is 11.6 Å². The molecule has 0 saturated heterocycles. The first kappa shape index (κ1) is 13.1. The average Bonchev–Trinajstić information content (AvgIpc) is 2.88. The van der Waals surface area contributed by atoms with Gasteiger partial charge in [0.05, 0.1) is 12.4 Å². The molecular weight excluding hydrogens is 250 g/mol. The van der Waals surface area contributed by atoms with E-state index >= 15 is 0 Å². The summed E-state index contributed by atoms with van der Waals surface area (Å²) < 4.78 is 5.22. The van der Waals surface area contributed by atoms with Gasteiger partial charge in [-0.25, -0.2) is 0 Å². The third-order valence-corrected chi connectivity index (χ3v) is 2.97. The molecule has 1 atom stereocenters. The Bertz CT molecular complexity index is 453. The molecule has 96 valence electrons. The fourth-order valence-corrected chi connectivity index (χ4v) is 1.83. The van der Waals surface area contributed by atoms with Gasteiger partial charge in [0.1, 0.15) is 5.76 Å². The van der Waals surface area contributed by atoms with Crippen LogP contribution in [0.15, 0.2) is 47.1 Å². The van der Waals surface area contributed by atoms with Gasteiger partial charge >= 0.3 is 0 Å². The molecule has 1 heterocycles.